The standard InChI is InChI=1S/C37H25Cl3N12O14S3/c1-16-28(47-45-23-14-18(4-12-25(23)68(61,62)63)41-32-27(38)31(39)43-37(40)44-32)34(54)51(49-16)20-6-2-17(3-7-20)33(53)42-19-5-13-26(69(64,65)66)24(15-19)46-48-29-30(36(56)57)50-52(35(29)55)21-8-10-22(11-9-21)67(58,59)60/h2-15,28-29H,1H3,(H,42,53)(H,56,57)(H,41,43,44)(H,58,59,60)(H,61,62,63)(H,64,65,66). The summed E-state index contributed by atoms with van der Waals surface area (Å²) in [6.45, 7) is 1.44. The minimum atomic E-state index is -5.04. The average molecular weight is 1060 g/mol. The SMILES string of the molecule is CC1=NN(c2ccc(C(=O)Nc3ccc(S(=O)(=O)O)c(N=NC4C(=O)N(c5ccc(S(=O)(=O)O)cc5)N=C4C(=O)O)c3)cc2)C(=O)C1N=Nc1cc(Nc2nc(Cl)nc(Cl)c2Cl)ccc1S(=O)(=O)O. The van der Waals surface area contributed by atoms with Crippen LogP contribution in [0.3, 0.4) is 0 Å². The lowest BCUT2D eigenvalue weighted by Gasteiger charge is -2.13. The topological polar surface area (TPSA) is 382 Å². The Morgan fingerprint density at radius 2 is 1.17 bits per heavy atom. The number of nitrogens with one attached hydrogen (secondary N) is 2. The third-order valence-electron chi connectivity index (χ3n) is 9.32. The molecular formula is C37H25Cl3N12O14S3. The lowest BCUT2D eigenvalue weighted by atomic mass is 10.1. The van der Waals surface area contributed by atoms with Gasteiger partial charge in [0.2, 0.25) is 11.3 Å². The van der Waals surface area contributed by atoms with Crippen LogP contribution in [0.5, 0.6) is 0 Å². The molecule has 32 heteroatoms. The smallest absolute Gasteiger partial charge is 0.355 e. The number of nitrogens with zero attached hydrogens (tertiary/aromatic N) is 10. The maximum Gasteiger partial charge on any atom is 0.355 e. The highest BCUT2D eigenvalue weighted by Crippen LogP contribution is 2.35. The number of hydrogen-bond donors (Lipinski definition) is 6. The highest BCUT2D eigenvalue weighted by molar-refractivity contribution is 7.86. The van der Waals surface area contributed by atoms with E-state index in [2.05, 4.69) is 51.3 Å². The molecule has 2 atom stereocenters. The van der Waals surface area contributed by atoms with Gasteiger partial charge in [0.15, 0.2) is 22.7 Å². The molecule has 0 fully saturated rings. The minimum absolute atomic E-state index is 0.0213. The second-order valence-corrected chi connectivity index (χ2v) is 19.2. The fourth-order valence-corrected chi connectivity index (χ4v) is 8.32. The minimum Gasteiger partial charge on any atom is -0.477 e. The Balaban J connectivity index is 1.06. The van der Waals surface area contributed by atoms with Crippen LogP contribution < -0.4 is 20.7 Å². The molecule has 3 amide bonds. The second kappa shape index (κ2) is 19.0. The predicted molar refractivity (Wildman–Crippen MR) is 243 cm³/mol. The first-order valence-corrected chi connectivity index (χ1v) is 24.0. The first kappa shape index (κ1) is 49.7. The van der Waals surface area contributed by atoms with Crippen LogP contribution in [0, 0.1) is 0 Å². The quantitative estimate of drug-likeness (QED) is 0.0322. The Labute approximate surface area is 402 Å². The van der Waals surface area contributed by atoms with Gasteiger partial charge in [0.05, 0.1) is 22.0 Å². The lowest BCUT2D eigenvalue weighted by Crippen LogP contribution is -2.33. The van der Waals surface area contributed by atoms with Crippen LogP contribution in [0.15, 0.2) is 130 Å². The van der Waals surface area contributed by atoms with Gasteiger partial charge in [-0.05, 0) is 103 Å². The number of hydrazone groups is 2. The molecule has 356 valence electrons. The number of halogens is 3. The molecule has 2 aliphatic rings. The third kappa shape index (κ3) is 10.9. The molecule has 6 N–H and O–H groups in total. The molecule has 5 aromatic rings. The number of anilines is 5. The summed E-state index contributed by atoms with van der Waals surface area (Å²) in [6.07, 6.45) is 0. The molecule has 2 aliphatic heterocycles. The van der Waals surface area contributed by atoms with Crippen molar-refractivity contribution in [3.05, 3.63) is 106 Å². The summed E-state index contributed by atoms with van der Waals surface area (Å²) in [5, 5.41) is 39.2. The maximum absolute atomic E-state index is 13.5. The van der Waals surface area contributed by atoms with Gasteiger partial charge in [0, 0.05) is 16.9 Å². The van der Waals surface area contributed by atoms with Crippen LogP contribution in [0.4, 0.5) is 39.9 Å². The van der Waals surface area contributed by atoms with E-state index in [-0.39, 0.29) is 55.3 Å². The van der Waals surface area contributed by atoms with Gasteiger partial charge < -0.3 is 15.7 Å². The summed E-state index contributed by atoms with van der Waals surface area (Å²) < 4.78 is 101. The van der Waals surface area contributed by atoms with Crippen molar-refractivity contribution in [2.45, 2.75) is 33.7 Å². The summed E-state index contributed by atoms with van der Waals surface area (Å²) in [5.41, 5.74) is -1.87. The molecule has 0 radical (unpaired) electrons. The van der Waals surface area contributed by atoms with E-state index < -0.39 is 97.9 Å². The maximum atomic E-state index is 13.5. The number of aromatic nitrogens is 2. The highest BCUT2D eigenvalue weighted by atomic mass is 35.5. The molecule has 1 aromatic heterocycles. The zero-order chi connectivity index (χ0) is 50.3. The number of carbonyl (C=O) groups is 4. The van der Waals surface area contributed by atoms with E-state index in [4.69, 9.17) is 34.8 Å². The number of carbonyl (C=O) groups excluding carboxylic acids is 3. The number of aliphatic carboxylic acids is 1. The van der Waals surface area contributed by atoms with Crippen molar-refractivity contribution in [3.8, 4) is 0 Å². The zero-order valence-corrected chi connectivity index (χ0v) is 38.7. The van der Waals surface area contributed by atoms with Crippen molar-refractivity contribution in [1.82, 2.24) is 9.97 Å². The first-order valence-electron chi connectivity index (χ1n) is 18.5. The lowest BCUT2D eigenvalue weighted by molar-refractivity contribution is -0.130. The molecule has 0 saturated carbocycles. The van der Waals surface area contributed by atoms with Crippen molar-refractivity contribution >= 4 is 140 Å². The van der Waals surface area contributed by atoms with Gasteiger partial charge in [-0.1, -0.05) is 23.2 Å². The molecule has 3 heterocycles. The summed E-state index contributed by atoms with van der Waals surface area (Å²) in [5.74, 6) is -4.47. The van der Waals surface area contributed by atoms with E-state index in [9.17, 15) is 63.2 Å². The Hall–Kier alpha value is -7.22. The van der Waals surface area contributed by atoms with Crippen LogP contribution in [0.1, 0.15) is 17.3 Å². The molecule has 69 heavy (non-hydrogen) atoms. The molecule has 26 nitrogen and oxygen atoms in total. The monoisotopic (exact) mass is 1060 g/mol. The number of carboxylic acids is 1. The van der Waals surface area contributed by atoms with Gasteiger partial charge >= 0.3 is 5.97 Å². The van der Waals surface area contributed by atoms with Crippen LogP contribution in [-0.4, -0.2) is 101 Å². The number of carboxylic acid groups (broad SMARTS) is 1. The largest absolute Gasteiger partial charge is 0.477 e. The fourth-order valence-electron chi connectivity index (χ4n) is 6.12. The highest BCUT2D eigenvalue weighted by Gasteiger charge is 2.41. The van der Waals surface area contributed by atoms with Crippen LogP contribution >= 0.6 is 34.8 Å². The van der Waals surface area contributed by atoms with Gasteiger partial charge in [0.25, 0.3) is 48.1 Å². The molecule has 0 bridgehead atoms. The molecule has 2 unspecified atom stereocenters. The second-order valence-electron chi connectivity index (χ2n) is 13.9. The van der Waals surface area contributed by atoms with E-state index in [1.54, 1.807) is 0 Å². The van der Waals surface area contributed by atoms with Crippen molar-refractivity contribution in [2.75, 3.05) is 20.7 Å². The van der Waals surface area contributed by atoms with Crippen molar-refractivity contribution in [2.24, 2.45) is 30.7 Å². The average Bonchev–Trinajstić information content (AvgIpc) is 3.76. The van der Waals surface area contributed by atoms with Crippen LogP contribution in [0.25, 0.3) is 0 Å². The Bertz CT molecular complexity index is 3490. The van der Waals surface area contributed by atoms with Crippen LogP contribution in [0.2, 0.25) is 15.5 Å². The van der Waals surface area contributed by atoms with E-state index in [0.717, 1.165) is 59.6 Å². The summed E-state index contributed by atoms with van der Waals surface area (Å²) in [6, 6.07) is 12.0. The van der Waals surface area contributed by atoms with Gasteiger partial charge in [0.1, 0.15) is 26.2 Å². The number of rotatable bonds is 14. The Morgan fingerprint density at radius 3 is 1.72 bits per heavy atom. The summed E-state index contributed by atoms with van der Waals surface area (Å²) >= 11 is 18.0. The molecule has 0 spiro atoms. The summed E-state index contributed by atoms with van der Waals surface area (Å²) in [7, 11) is -14.5. The van der Waals surface area contributed by atoms with Crippen LogP contribution in [-0.2, 0) is 44.7 Å². The Morgan fingerprint density at radius 1 is 0.667 bits per heavy atom. The van der Waals surface area contributed by atoms with Gasteiger partial charge in [-0.2, -0.15) is 70.9 Å². The van der Waals surface area contributed by atoms with Gasteiger partial charge in [-0.25, -0.2) is 9.78 Å². The molecule has 0 saturated heterocycles. The summed E-state index contributed by atoms with van der Waals surface area (Å²) in [4.78, 5) is 57.7. The van der Waals surface area contributed by atoms with Crippen molar-refractivity contribution < 1.29 is 63.2 Å². The number of azo groups is 2. The van der Waals surface area contributed by atoms with Crippen molar-refractivity contribution in [1.29, 1.82) is 0 Å². The molecule has 4 aromatic carbocycles. The van der Waals surface area contributed by atoms with E-state index in [0.29, 0.717) is 5.01 Å². The third-order valence-corrected chi connectivity index (χ3v) is 12.9. The van der Waals surface area contributed by atoms with Crippen molar-refractivity contribution in [3.63, 3.8) is 0 Å². The number of benzene rings is 4. The zero-order valence-electron chi connectivity index (χ0n) is 33.9. The fraction of sp³-hybridized carbons (Fsp3) is 0.0811. The Kier molecular flexibility index (Phi) is 13.7. The number of hydrogen-bond acceptors (Lipinski definition) is 19. The van der Waals surface area contributed by atoms with E-state index in [1.165, 1.54) is 37.3 Å². The molecule has 0 aliphatic carbocycles. The van der Waals surface area contributed by atoms with Gasteiger partial charge in [-0.15, -0.1) is 0 Å². The van der Waals surface area contributed by atoms with E-state index in [1.807, 2.05) is 0 Å². The van der Waals surface area contributed by atoms with E-state index >= 15 is 0 Å². The first-order chi connectivity index (χ1) is 32.3. The predicted octanol–water partition coefficient (Wildman–Crippen LogP) is 5.99. The van der Waals surface area contributed by atoms with Gasteiger partial charge in [-0.3, -0.25) is 28.0 Å². The molecular weight excluding hydrogens is 1040 g/mol. The molecule has 7 rings (SSSR count). The number of amides is 3. The normalized spacial score (nSPS) is 16.6.